The molecule has 1 N–H and O–H groups in total. The average Bonchev–Trinajstić information content (AvgIpc) is 2.46. The molecule has 0 saturated carbocycles. The first-order chi connectivity index (χ1) is 9.69. The fraction of sp³-hybridized carbons (Fsp3) is 0.188. The van der Waals surface area contributed by atoms with Crippen LogP contribution in [0.2, 0.25) is 0 Å². The second kappa shape index (κ2) is 6.70. The van der Waals surface area contributed by atoms with Crippen LogP contribution >= 0.6 is 0 Å². The summed E-state index contributed by atoms with van der Waals surface area (Å²) in [7, 11) is 0. The van der Waals surface area contributed by atoms with E-state index in [0.717, 1.165) is 5.56 Å². The molecule has 2 aromatic carbocycles. The number of hydrogen-bond donors (Lipinski definition) is 1. The van der Waals surface area contributed by atoms with Crippen molar-refractivity contribution in [1.82, 2.24) is 5.32 Å². The summed E-state index contributed by atoms with van der Waals surface area (Å²) in [5.74, 6) is 0.254. The lowest BCUT2D eigenvalue weighted by atomic mass is 10.2. The Morgan fingerprint density at radius 2 is 1.95 bits per heavy atom. The molecule has 0 fully saturated rings. The normalized spacial score (nSPS) is 10.1. The molecule has 2 aromatic rings. The van der Waals surface area contributed by atoms with Crippen LogP contribution in [-0.2, 0) is 6.61 Å². The van der Waals surface area contributed by atoms with Gasteiger partial charge in [0.05, 0.1) is 0 Å². The third-order valence-electron chi connectivity index (χ3n) is 2.75. The molecule has 4 heteroatoms. The van der Waals surface area contributed by atoms with E-state index < -0.39 is 0 Å². The van der Waals surface area contributed by atoms with Gasteiger partial charge in [0.2, 0.25) is 0 Å². The Labute approximate surface area is 117 Å². The Kier molecular flexibility index (Phi) is 4.71. The van der Waals surface area contributed by atoms with Crippen molar-refractivity contribution in [3.63, 3.8) is 0 Å². The zero-order valence-corrected chi connectivity index (χ0v) is 11.2. The molecule has 0 atom stereocenters. The smallest absolute Gasteiger partial charge is 0.251 e. The molecule has 0 heterocycles. The quantitative estimate of drug-likeness (QED) is 0.908. The Morgan fingerprint density at radius 3 is 2.60 bits per heavy atom. The van der Waals surface area contributed by atoms with Crippen molar-refractivity contribution in [2.75, 3.05) is 6.54 Å². The molecule has 20 heavy (non-hydrogen) atoms. The van der Waals surface area contributed by atoms with Gasteiger partial charge in [0.1, 0.15) is 18.2 Å². The largest absolute Gasteiger partial charge is 0.489 e. The van der Waals surface area contributed by atoms with Crippen LogP contribution in [0.3, 0.4) is 0 Å². The van der Waals surface area contributed by atoms with E-state index in [2.05, 4.69) is 5.32 Å². The van der Waals surface area contributed by atoms with Gasteiger partial charge in [-0.05, 0) is 48.9 Å². The summed E-state index contributed by atoms with van der Waals surface area (Å²) in [4.78, 5) is 11.6. The molecule has 3 nitrogen and oxygen atoms in total. The second-order valence-electron chi connectivity index (χ2n) is 4.30. The van der Waals surface area contributed by atoms with E-state index >= 15 is 0 Å². The van der Waals surface area contributed by atoms with Crippen LogP contribution < -0.4 is 10.1 Å². The Bertz CT molecular complexity index is 581. The molecule has 0 aliphatic heterocycles. The zero-order valence-electron chi connectivity index (χ0n) is 11.2. The van der Waals surface area contributed by atoms with E-state index in [0.29, 0.717) is 17.9 Å². The lowest BCUT2D eigenvalue weighted by molar-refractivity contribution is 0.0956. The number of carbonyl (C=O) groups is 1. The molecule has 0 saturated heterocycles. The van der Waals surface area contributed by atoms with Gasteiger partial charge >= 0.3 is 0 Å². The minimum atomic E-state index is -0.280. The molecule has 104 valence electrons. The summed E-state index contributed by atoms with van der Waals surface area (Å²) in [6.45, 7) is 2.75. The average molecular weight is 273 g/mol. The predicted molar refractivity (Wildman–Crippen MR) is 75.2 cm³/mol. The Hall–Kier alpha value is -2.36. The molecular formula is C16H16FNO2. The first kappa shape index (κ1) is 14.1. The number of ether oxygens (including phenoxy) is 1. The van der Waals surface area contributed by atoms with E-state index in [4.69, 9.17) is 4.74 Å². The SMILES string of the molecule is CCNC(=O)c1ccc(OCc2cccc(F)c2)cc1. The standard InChI is InChI=1S/C16H16FNO2/c1-2-18-16(19)13-6-8-15(9-7-13)20-11-12-4-3-5-14(17)10-12/h3-10H,2,11H2,1H3,(H,18,19). The number of nitrogens with one attached hydrogen (secondary N) is 1. The molecule has 0 aromatic heterocycles. The van der Waals surface area contributed by atoms with Crippen LogP contribution in [0.4, 0.5) is 4.39 Å². The van der Waals surface area contributed by atoms with Gasteiger partial charge in [0, 0.05) is 12.1 Å². The number of carbonyl (C=O) groups excluding carboxylic acids is 1. The van der Waals surface area contributed by atoms with Crippen molar-refractivity contribution in [3.05, 3.63) is 65.5 Å². The minimum Gasteiger partial charge on any atom is -0.489 e. The molecule has 0 aliphatic carbocycles. The maximum absolute atomic E-state index is 13.0. The van der Waals surface area contributed by atoms with E-state index in [1.54, 1.807) is 36.4 Å². The van der Waals surface area contributed by atoms with Gasteiger partial charge < -0.3 is 10.1 Å². The third kappa shape index (κ3) is 3.82. The number of rotatable bonds is 5. The number of benzene rings is 2. The monoisotopic (exact) mass is 273 g/mol. The molecule has 1 amide bonds. The van der Waals surface area contributed by atoms with Gasteiger partial charge in [-0.2, -0.15) is 0 Å². The first-order valence-electron chi connectivity index (χ1n) is 6.44. The van der Waals surface area contributed by atoms with Crippen LogP contribution in [0.5, 0.6) is 5.75 Å². The van der Waals surface area contributed by atoms with Gasteiger partial charge in [0.25, 0.3) is 5.91 Å². The fourth-order valence-corrected chi connectivity index (χ4v) is 1.76. The highest BCUT2D eigenvalue weighted by Gasteiger charge is 2.04. The maximum atomic E-state index is 13.0. The van der Waals surface area contributed by atoms with Gasteiger partial charge in [0.15, 0.2) is 0 Å². The van der Waals surface area contributed by atoms with Crippen LogP contribution in [0.25, 0.3) is 0 Å². The van der Waals surface area contributed by atoms with Crippen LogP contribution in [-0.4, -0.2) is 12.5 Å². The second-order valence-corrected chi connectivity index (χ2v) is 4.30. The highest BCUT2D eigenvalue weighted by Crippen LogP contribution is 2.14. The summed E-state index contributed by atoms with van der Waals surface area (Å²) >= 11 is 0. The Balaban J connectivity index is 1.95. The third-order valence-corrected chi connectivity index (χ3v) is 2.75. The van der Waals surface area contributed by atoms with Crippen molar-refractivity contribution in [1.29, 1.82) is 0 Å². The molecular weight excluding hydrogens is 257 g/mol. The van der Waals surface area contributed by atoms with Gasteiger partial charge in [-0.25, -0.2) is 4.39 Å². The Morgan fingerprint density at radius 1 is 1.20 bits per heavy atom. The summed E-state index contributed by atoms with van der Waals surface area (Å²) < 4.78 is 18.6. The minimum absolute atomic E-state index is 0.107. The zero-order chi connectivity index (χ0) is 14.4. The maximum Gasteiger partial charge on any atom is 0.251 e. The van der Waals surface area contributed by atoms with Crippen molar-refractivity contribution >= 4 is 5.91 Å². The fourth-order valence-electron chi connectivity index (χ4n) is 1.76. The van der Waals surface area contributed by atoms with Crippen LogP contribution in [0, 0.1) is 5.82 Å². The van der Waals surface area contributed by atoms with E-state index in [-0.39, 0.29) is 18.3 Å². The summed E-state index contributed by atoms with van der Waals surface area (Å²) in [6, 6.07) is 13.1. The van der Waals surface area contributed by atoms with Gasteiger partial charge in [-0.15, -0.1) is 0 Å². The summed E-state index contributed by atoms with van der Waals surface area (Å²) in [6.07, 6.45) is 0. The van der Waals surface area contributed by atoms with E-state index in [9.17, 15) is 9.18 Å². The summed E-state index contributed by atoms with van der Waals surface area (Å²) in [5.41, 5.74) is 1.35. The number of halogens is 1. The highest BCUT2D eigenvalue weighted by atomic mass is 19.1. The van der Waals surface area contributed by atoms with Crippen LogP contribution in [0.1, 0.15) is 22.8 Å². The van der Waals surface area contributed by atoms with Crippen molar-refractivity contribution < 1.29 is 13.9 Å². The highest BCUT2D eigenvalue weighted by molar-refractivity contribution is 5.94. The molecule has 0 radical (unpaired) electrons. The van der Waals surface area contributed by atoms with E-state index in [1.807, 2.05) is 6.92 Å². The molecule has 2 rings (SSSR count). The number of hydrogen-bond acceptors (Lipinski definition) is 2. The van der Waals surface area contributed by atoms with Gasteiger partial charge in [-0.3, -0.25) is 4.79 Å². The predicted octanol–water partition coefficient (Wildman–Crippen LogP) is 3.15. The van der Waals surface area contributed by atoms with Gasteiger partial charge in [-0.1, -0.05) is 12.1 Å². The van der Waals surface area contributed by atoms with Crippen LogP contribution in [0.15, 0.2) is 48.5 Å². The lowest BCUT2D eigenvalue weighted by Crippen LogP contribution is -2.22. The molecule has 0 bridgehead atoms. The number of amides is 1. The van der Waals surface area contributed by atoms with Crippen molar-refractivity contribution in [3.8, 4) is 5.75 Å². The first-order valence-corrected chi connectivity index (χ1v) is 6.44. The van der Waals surface area contributed by atoms with E-state index in [1.165, 1.54) is 12.1 Å². The van der Waals surface area contributed by atoms with Crippen molar-refractivity contribution in [2.45, 2.75) is 13.5 Å². The molecule has 0 spiro atoms. The van der Waals surface area contributed by atoms with Crippen molar-refractivity contribution in [2.24, 2.45) is 0 Å². The molecule has 0 aliphatic rings. The topological polar surface area (TPSA) is 38.3 Å². The molecule has 0 unspecified atom stereocenters. The summed E-state index contributed by atoms with van der Waals surface area (Å²) in [5, 5.41) is 2.72. The lowest BCUT2D eigenvalue weighted by Gasteiger charge is -2.07.